The van der Waals surface area contributed by atoms with Gasteiger partial charge in [-0.15, -0.1) is 0 Å². The Labute approximate surface area is 114 Å². The van der Waals surface area contributed by atoms with Gasteiger partial charge in [0.2, 0.25) is 0 Å². The van der Waals surface area contributed by atoms with Crippen molar-refractivity contribution in [1.29, 1.82) is 0 Å². The summed E-state index contributed by atoms with van der Waals surface area (Å²) in [5, 5.41) is 0. The molecule has 6 heteroatoms. The second-order valence-electron chi connectivity index (χ2n) is 3.74. The van der Waals surface area contributed by atoms with Gasteiger partial charge in [-0.1, -0.05) is 18.3 Å². The fourth-order valence-electron chi connectivity index (χ4n) is 1.50. The summed E-state index contributed by atoms with van der Waals surface area (Å²) in [7, 11) is 0. The third-order valence-electron chi connectivity index (χ3n) is 2.41. The Bertz CT molecular complexity index is 619. The quantitative estimate of drug-likeness (QED) is 0.874. The van der Waals surface area contributed by atoms with Gasteiger partial charge in [0, 0.05) is 17.8 Å². The van der Waals surface area contributed by atoms with Crippen molar-refractivity contribution in [3.05, 3.63) is 59.4 Å². The molecular weight excluding hydrogens is 270 g/mol. The highest BCUT2D eigenvalue weighted by Crippen LogP contribution is 2.17. The van der Waals surface area contributed by atoms with Crippen LogP contribution >= 0.6 is 12.2 Å². The number of ether oxygens (including phenoxy) is 1. The molecule has 2 rings (SSSR count). The van der Waals surface area contributed by atoms with E-state index in [-0.39, 0.29) is 17.3 Å². The van der Waals surface area contributed by atoms with Crippen molar-refractivity contribution in [2.45, 2.75) is 6.61 Å². The number of hydrogen-bond acceptors (Lipinski definition) is 3. The molecule has 1 heterocycles. The second-order valence-corrected chi connectivity index (χ2v) is 4.18. The van der Waals surface area contributed by atoms with Gasteiger partial charge < -0.3 is 10.5 Å². The van der Waals surface area contributed by atoms with Crippen molar-refractivity contribution in [2.24, 2.45) is 5.73 Å². The zero-order valence-electron chi connectivity index (χ0n) is 9.77. The zero-order chi connectivity index (χ0) is 13.8. The lowest BCUT2D eigenvalue weighted by Crippen LogP contribution is -2.15. The summed E-state index contributed by atoms with van der Waals surface area (Å²) >= 11 is 4.87. The van der Waals surface area contributed by atoms with E-state index in [1.54, 1.807) is 18.3 Å². The number of nitrogens with zero attached hydrogens (tertiary/aromatic N) is 1. The lowest BCUT2D eigenvalue weighted by molar-refractivity contribution is 0.302. The maximum atomic E-state index is 13.0. The van der Waals surface area contributed by atoms with Crippen molar-refractivity contribution in [2.75, 3.05) is 0 Å². The van der Waals surface area contributed by atoms with Crippen molar-refractivity contribution in [1.82, 2.24) is 4.98 Å². The predicted molar refractivity (Wildman–Crippen MR) is 70.8 cm³/mol. The van der Waals surface area contributed by atoms with E-state index >= 15 is 0 Å². The highest BCUT2D eigenvalue weighted by Gasteiger charge is 2.08. The smallest absolute Gasteiger partial charge is 0.162 e. The van der Waals surface area contributed by atoms with Gasteiger partial charge in [0.1, 0.15) is 23.0 Å². The van der Waals surface area contributed by atoms with Gasteiger partial charge in [-0.3, -0.25) is 4.98 Å². The lowest BCUT2D eigenvalue weighted by atomic mass is 10.2. The molecule has 0 aliphatic rings. The van der Waals surface area contributed by atoms with E-state index in [0.717, 1.165) is 12.1 Å². The SMILES string of the molecule is NC(=S)c1ncccc1COc1ccc(F)c(F)c1. The Morgan fingerprint density at radius 3 is 2.74 bits per heavy atom. The molecule has 0 atom stereocenters. The maximum Gasteiger partial charge on any atom is 0.162 e. The normalized spacial score (nSPS) is 10.2. The molecule has 2 aromatic rings. The van der Waals surface area contributed by atoms with Crippen LogP contribution in [0.25, 0.3) is 0 Å². The summed E-state index contributed by atoms with van der Waals surface area (Å²) in [5.41, 5.74) is 6.67. The van der Waals surface area contributed by atoms with Crippen molar-refractivity contribution in [3.8, 4) is 5.75 Å². The summed E-state index contributed by atoms with van der Waals surface area (Å²) in [5.74, 6) is -1.66. The second kappa shape index (κ2) is 5.71. The minimum absolute atomic E-state index is 0.117. The van der Waals surface area contributed by atoms with Crippen LogP contribution in [-0.2, 0) is 6.61 Å². The van der Waals surface area contributed by atoms with Gasteiger partial charge in [0.05, 0.1) is 0 Å². The lowest BCUT2D eigenvalue weighted by Gasteiger charge is -2.09. The van der Waals surface area contributed by atoms with E-state index in [4.69, 9.17) is 22.7 Å². The molecule has 0 radical (unpaired) electrons. The minimum atomic E-state index is -0.960. The van der Waals surface area contributed by atoms with Crippen LogP contribution in [0.4, 0.5) is 8.78 Å². The van der Waals surface area contributed by atoms with E-state index in [2.05, 4.69) is 4.98 Å². The molecule has 0 unspecified atom stereocenters. The Kier molecular flexibility index (Phi) is 4.01. The average Bonchev–Trinajstić information content (AvgIpc) is 2.40. The number of rotatable bonds is 4. The third-order valence-corrected chi connectivity index (χ3v) is 2.60. The molecule has 19 heavy (non-hydrogen) atoms. The molecule has 0 aliphatic heterocycles. The molecule has 0 amide bonds. The average molecular weight is 280 g/mol. The molecule has 0 spiro atoms. The zero-order valence-corrected chi connectivity index (χ0v) is 10.6. The van der Waals surface area contributed by atoms with Gasteiger partial charge in [-0.25, -0.2) is 8.78 Å². The summed E-state index contributed by atoms with van der Waals surface area (Å²) < 4.78 is 31.1. The molecule has 3 nitrogen and oxygen atoms in total. The Hall–Kier alpha value is -2.08. The summed E-state index contributed by atoms with van der Waals surface area (Å²) in [4.78, 5) is 4.20. The van der Waals surface area contributed by atoms with Crippen LogP contribution < -0.4 is 10.5 Å². The number of hydrogen-bond donors (Lipinski definition) is 1. The van der Waals surface area contributed by atoms with E-state index in [0.29, 0.717) is 11.3 Å². The largest absolute Gasteiger partial charge is 0.489 e. The molecule has 0 bridgehead atoms. The topological polar surface area (TPSA) is 48.1 Å². The van der Waals surface area contributed by atoms with Gasteiger partial charge in [0.25, 0.3) is 0 Å². The number of nitrogens with two attached hydrogens (primary N) is 1. The first-order chi connectivity index (χ1) is 9.08. The number of halogens is 2. The molecule has 98 valence electrons. The number of thiocarbonyl (C=S) groups is 1. The van der Waals surface area contributed by atoms with Crippen LogP contribution in [0.5, 0.6) is 5.75 Å². The van der Waals surface area contributed by atoms with Crippen molar-refractivity contribution in [3.63, 3.8) is 0 Å². The summed E-state index contributed by atoms with van der Waals surface area (Å²) in [6.45, 7) is 0.117. The fourth-order valence-corrected chi connectivity index (χ4v) is 1.69. The van der Waals surface area contributed by atoms with Gasteiger partial charge in [0.15, 0.2) is 11.6 Å². The first kappa shape index (κ1) is 13.4. The van der Waals surface area contributed by atoms with Crippen LogP contribution in [0.1, 0.15) is 11.3 Å². The fraction of sp³-hybridized carbons (Fsp3) is 0.0769. The van der Waals surface area contributed by atoms with Crippen molar-refractivity contribution >= 4 is 17.2 Å². The molecule has 1 aromatic heterocycles. The molecule has 0 saturated carbocycles. The van der Waals surface area contributed by atoms with Crippen molar-refractivity contribution < 1.29 is 13.5 Å². The van der Waals surface area contributed by atoms with Crippen LogP contribution in [0, 0.1) is 11.6 Å². The minimum Gasteiger partial charge on any atom is -0.489 e. The highest BCUT2D eigenvalue weighted by molar-refractivity contribution is 7.80. The van der Waals surface area contributed by atoms with Gasteiger partial charge in [-0.2, -0.15) is 0 Å². The van der Waals surface area contributed by atoms with Crippen LogP contribution in [0.2, 0.25) is 0 Å². The molecule has 1 aromatic carbocycles. The van der Waals surface area contributed by atoms with E-state index in [1.165, 1.54) is 6.07 Å². The Morgan fingerprint density at radius 2 is 2.05 bits per heavy atom. The Balaban J connectivity index is 2.14. The molecular formula is C13H10F2N2OS. The van der Waals surface area contributed by atoms with E-state index < -0.39 is 11.6 Å². The Morgan fingerprint density at radius 1 is 1.26 bits per heavy atom. The van der Waals surface area contributed by atoms with Crippen LogP contribution in [0.15, 0.2) is 36.5 Å². The van der Waals surface area contributed by atoms with E-state index in [1.807, 2.05) is 0 Å². The molecule has 0 aliphatic carbocycles. The summed E-state index contributed by atoms with van der Waals surface area (Å²) in [6.07, 6.45) is 1.57. The van der Waals surface area contributed by atoms with Gasteiger partial charge in [-0.05, 0) is 18.2 Å². The maximum absolute atomic E-state index is 13.0. The van der Waals surface area contributed by atoms with E-state index in [9.17, 15) is 8.78 Å². The molecule has 2 N–H and O–H groups in total. The van der Waals surface area contributed by atoms with Crippen LogP contribution in [0.3, 0.4) is 0 Å². The first-order valence-corrected chi connectivity index (χ1v) is 5.80. The van der Waals surface area contributed by atoms with Crippen LogP contribution in [-0.4, -0.2) is 9.97 Å². The molecule has 0 fully saturated rings. The third kappa shape index (κ3) is 3.23. The van der Waals surface area contributed by atoms with Gasteiger partial charge >= 0.3 is 0 Å². The standard InChI is InChI=1S/C13H10F2N2OS/c14-10-4-3-9(6-11(10)15)18-7-8-2-1-5-17-12(8)13(16)19/h1-6H,7H2,(H2,16,19). The molecule has 0 saturated heterocycles. The monoisotopic (exact) mass is 280 g/mol. The number of aromatic nitrogens is 1. The highest BCUT2D eigenvalue weighted by atomic mass is 32.1. The number of pyridine rings is 1. The number of benzene rings is 1. The first-order valence-electron chi connectivity index (χ1n) is 5.39. The predicted octanol–water partition coefficient (Wildman–Crippen LogP) is 2.57. The summed E-state index contributed by atoms with van der Waals surface area (Å²) in [6, 6.07) is 6.79.